The largest absolute Gasteiger partial charge is 0.493 e. The lowest BCUT2D eigenvalue weighted by molar-refractivity contribution is -0.128. The number of para-hydroxylation sites is 1. The van der Waals surface area contributed by atoms with Crippen LogP contribution in [0, 0.1) is 0 Å². The Balaban J connectivity index is 1.30. The third-order valence-electron chi connectivity index (χ3n) is 5.24. The van der Waals surface area contributed by atoms with Crippen molar-refractivity contribution in [3.05, 3.63) is 53.9 Å². The van der Waals surface area contributed by atoms with Crippen LogP contribution in [-0.4, -0.2) is 40.9 Å². The number of amides is 1. The number of likely N-dealkylation sites (tertiary alicyclic amines) is 1. The smallest absolute Gasteiger partial charge is 0.232 e. The molecule has 0 spiro atoms. The van der Waals surface area contributed by atoms with E-state index in [4.69, 9.17) is 18.7 Å². The van der Waals surface area contributed by atoms with Gasteiger partial charge < -0.3 is 23.6 Å². The summed E-state index contributed by atoms with van der Waals surface area (Å²) in [5.74, 6) is 3.02. The summed E-state index contributed by atoms with van der Waals surface area (Å²) in [6.45, 7) is 3.74. The van der Waals surface area contributed by atoms with E-state index in [1.165, 1.54) is 0 Å². The topological polar surface area (TPSA) is 86.9 Å². The van der Waals surface area contributed by atoms with Gasteiger partial charge in [0.15, 0.2) is 11.5 Å². The summed E-state index contributed by atoms with van der Waals surface area (Å²) in [5.41, 5.74) is 1.76. The molecule has 1 aromatic heterocycles. The second kappa shape index (κ2) is 7.70. The predicted octanol–water partition coefficient (Wildman–Crippen LogP) is 3.38. The molecule has 0 N–H and O–H groups in total. The molecule has 1 saturated heterocycles. The molecule has 154 valence electrons. The maximum absolute atomic E-state index is 12.6. The fraction of sp³-hybridized carbons (Fsp3) is 0.318. The van der Waals surface area contributed by atoms with Crippen molar-refractivity contribution in [2.45, 2.75) is 25.8 Å². The van der Waals surface area contributed by atoms with E-state index in [1.807, 2.05) is 49.4 Å². The van der Waals surface area contributed by atoms with Crippen molar-refractivity contribution in [3.8, 4) is 28.6 Å². The summed E-state index contributed by atoms with van der Waals surface area (Å²) in [4.78, 5) is 18.9. The molecular formula is C22H21N3O5. The summed E-state index contributed by atoms with van der Waals surface area (Å²) in [6, 6.07) is 13.3. The molecule has 0 aliphatic carbocycles. The van der Waals surface area contributed by atoms with E-state index >= 15 is 0 Å². The number of carbonyl (C=O) groups excluding carboxylic acids is 1. The van der Waals surface area contributed by atoms with Crippen molar-refractivity contribution in [2.75, 3.05) is 19.9 Å². The van der Waals surface area contributed by atoms with Crippen LogP contribution in [0.25, 0.3) is 11.4 Å². The van der Waals surface area contributed by atoms with Crippen LogP contribution in [0.1, 0.15) is 30.7 Å². The number of aromatic nitrogens is 2. The third kappa shape index (κ3) is 3.45. The molecule has 2 aliphatic rings. The summed E-state index contributed by atoms with van der Waals surface area (Å²) in [6.07, 6.45) is 0.347. The van der Waals surface area contributed by atoms with Gasteiger partial charge in [-0.1, -0.05) is 23.4 Å². The third-order valence-corrected chi connectivity index (χ3v) is 5.24. The van der Waals surface area contributed by atoms with E-state index in [-0.39, 0.29) is 18.6 Å². The lowest BCUT2D eigenvalue weighted by Gasteiger charge is -2.16. The van der Waals surface area contributed by atoms with E-state index < -0.39 is 0 Å². The van der Waals surface area contributed by atoms with Crippen molar-refractivity contribution < 1.29 is 23.5 Å². The Bertz CT molecular complexity index is 1080. The first kappa shape index (κ1) is 18.5. The van der Waals surface area contributed by atoms with Gasteiger partial charge in [0.05, 0.1) is 18.1 Å². The highest BCUT2D eigenvalue weighted by molar-refractivity contribution is 5.79. The van der Waals surface area contributed by atoms with E-state index in [1.54, 1.807) is 4.90 Å². The van der Waals surface area contributed by atoms with Crippen molar-refractivity contribution >= 4 is 5.91 Å². The minimum absolute atomic E-state index is 0.0622. The number of carbonyl (C=O) groups is 1. The molecule has 1 atom stereocenters. The fourth-order valence-corrected chi connectivity index (χ4v) is 3.79. The van der Waals surface area contributed by atoms with E-state index in [0.29, 0.717) is 49.3 Å². The minimum atomic E-state index is -0.132. The second-order valence-electron chi connectivity index (χ2n) is 7.25. The first-order chi connectivity index (χ1) is 14.7. The molecule has 2 aromatic carbocycles. The Kier molecular flexibility index (Phi) is 4.74. The zero-order chi connectivity index (χ0) is 20.5. The molecule has 2 aliphatic heterocycles. The molecule has 3 heterocycles. The van der Waals surface area contributed by atoms with Crippen LogP contribution in [0.3, 0.4) is 0 Å². The molecular weight excluding hydrogens is 386 g/mol. The summed E-state index contributed by atoms with van der Waals surface area (Å²) in [7, 11) is 0. The van der Waals surface area contributed by atoms with Gasteiger partial charge in [-0.2, -0.15) is 4.98 Å². The van der Waals surface area contributed by atoms with Crippen LogP contribution in [0.5, 0.6) is 17.2 Å². The maximum atomic E-state index is 12.6. The Labute approximate surface area is 173 Å². The van der Waals surface area contributed by atoms with Crippen LogP contribution in [0.2, 0.25) is 0 Å². The molecule has 30 heavy (non-hydrogen) atoms. The molecule has 1 amide bonds. The van der Waals surface area contributed by atoms with Crippen LogP contribution >= 0.6 is 0 Å². The molecule has 0 radical (unpaired) electrons. The standard InChI is InChI=1S/C22H21N3O5/c1-2-27-17-6-4-3-5-16(17)21-23-22(30-24-21)15-10-20(26)25(12-15)11-14-7-8-18-19(9-14)29-13-28-18/h3-9,15H,2,10-13H2,1H3. The van der Waals surface area contributed by atoms with Gasteiger partial charge >= 0.3 is 0 Å². The quantitative estimate of drug-likeness (QED) is 0.619. The monoisotopic (exact) mass is 407 g/mol. The molecule has 3 aromatic rings. The Morgan fingerprint density at radius 2 is 2.03 bits per heavy atom. The van der Waals surface area contributed by atoms with Crippen molar-refractivity contribution in [1.82, 2.24) is 15.0 Å². The first-order valence-corrected chi connectivity index (χ1v) is 9.93. The second-order valence-corrected chi connectivity index (χ2v) is 7.25. The van der Waals surface area contributed by atoms with Crippen LogP contribution in [-0.2, 0) is 11.3 Å². The minimum Gasteiger partial charge on any atom is -0.493 e. The van der Waals surface area contributed by atoms with E-state index in [0.717, 1.165) is 16.9 Å². The average molecular weight is 407 g/mol. The van der Waals surface area contributed by atoms with Gasteiger partial charge in [-0.25, -0.2) is 0 Å². The SMILES string of the molecule is CCOc1ccccc1-c1noc(C2CC(=O)N(Cc3ccc4c(c3)OCO4)C2)n1. The Hall–Kier alpha value is -3.55. The average Bonchev–Trinajstić information content (AvgIpc) is 3.49. The molecule has 0 bridgehead atoms. The van der Waals surface area contributed by atoms with E-state index in [9.17, 15) is 4.79 Å². The van der Waals surface area contributed by atoms with Gasteiger partial charge in [0.1, 0.15) is 5.75 Å². The maximum Gasteiger partial charge on any atom is 0.232 e. The molecule has 1 fully saturated rings. The van der Waals surface area contributed by atoms with Crippen LogP contribution in [0.4, 0.5) is 0 Å². The zero-order valence-corrected chi connectivity index (χ0v) is 16.5. The van der Waals surface area contributed by atoms with Crippen LogP contribution in [0.15, 0.2) is 47.0 Å². The van der Waals surface area contributed by atoms with Crippen molar-refractivity contribution in [2.24, 2.45) is 0 Å². The lowest BCUT2D eigenvalue weighted by Crippen LogP contribution is -2.24. The molecule has 1 unspecified atom stereocenters. The van der Waals surface area contributed by atoms with Gasteiger partial charge in [0, 0.05) is 19.5 Å². The van der Waals surface area contributed by atoms with Gasteiger partial charge in [-0.3, -0.25) is 4.79 Å². The zero-order valence-electron chi connectivity index (χ0n) is 16.5. The Morgan fingerprint density at radius 1 is 1.17 bits per heavy atom. The number of rotatable bonds is 6. The number of benzene rings is 2. The summed E-state index contributed by atoms with van der Waals surface area (Å²) >= 11 is 0. The first-order valence-electron chi connectivity index (χ1n) is 9.93. The summed E-state index contributed by atoms with van der Waals surface area (Å²) in [5, 5.41) is 4.12. The number of nitrogens with zero attached hydrogens (tertiary/aromatic N) is 3. The normalized spacial score (nSPS) is 17.6. The van der Waals surface area contributed by atoms with E-state index in [2.05, 4.69) is 10.1 Å². The Morgan fingerprint density at radius 3 is 2.93 bits per heavy atom. The van der Waals surface area contributed by atoms with Crippen molar-refractivity contribution in [3.63, 3.8) is 0 Å². The van der Waals surface area contributed by atoms with Gasteiger partial charge in [0.2, 0.25) is 24.4 Å². The number of hydrogen-bond acceptors (Lipinski definition) is 7. The number of ether oxygens (including phenoxy) is 3. The van der Waals surface area contributed by atoms with Gasteiger partial charge in [-0.05, 0) is 36.8 Å². The molecule has 5 rings (SSSR count). The van der Waals surface area contributed by atoms with Gasteiger partial charge in [0.25, 0.3) is 0 Å². The highest BCUT2D eigenvalue weighted by Gasteiger charge is 2.34. The van der Waals surface area contributed by atoms with Crippen LogP contribution < -0.4 is 14.2 Å². The predicted molar refractivity (Wildman–Crippen MR) is 106 cm³/mol. The number of hydrogen-bond donors (Lipinski definition) is 0. The fourth-order valence-electron chi connectivity index (χ4n) is 3.79. The highest BCUT2D eigenvalue weighted by atomic mass is 16.7. The molecule has 0 saturated carbocycles. The summed E-state index contributed by atoms with van der Waals surface area (Å²) < 4.78 is 21.9. The molecule has 8 heteroatoms. The number of fused-ring (bicyclic) bond motifs is 1. The lowest BCUT2D eigenvalue weighted by atomic mass is 10.1. The molecule has 8 nitrogen and oxygen atoms in total. The van der Waals surface area contributed by atoms with Crippen molar-refractivity contribution in [1.29, 1.82) is 0 Å². The van der Waals surface area contributed by atoms with Gasteiger partial charge in [-0.15, -0.1) is 0 Å². The highest BCUT2D eigenvalue weighted by Crippen LogP contribution is 2.35.